The summed E-state index contributed by atoms with van der Waals surface area (Å²) in [6.07, 6.45) is 7.65. The molecule has 1 heterocycles. The lowest BCUT2D eigenvalue weighted by molar-refractivity contribution is -0.269. The maximum absolute atomic E-state index is 14.3. The van der Waals surface area contributed by atoms with Crippen LogP contribution in [0.15, 0.2) is 78.9 Å². The van der Waals surface area contributed by atoms with Gasteiger partial charge in [0.25, 0.3) is 0 Å². The Kier molecular flexibility index (Phi) is 15.7. The van der Waals surface area contributed by atoms with Crippen LogP contribution in [0.1, 0.15) is 74.5 Å². The second-order valence-corrected chi connectivity index (χ2v) is 16.5. The van der Waals surface area contributed by atoms with Crippen LogP contribution < -0.4 is 15.8 Å². The molecule has 1 aliphatic heterocycles. The lowest BCUT2D eigenvalue weighted by Gasteiger charge is -2.54. The predicted octanol–water partition coefficient (Wildman–Crippen LogP) is 5.08. The molecule has 0 amide bonds. The average molecular weight is 843 g/mol. The first kappa shape index (κ1) is 45.4. The number of ether oxygens (including phenoxy) is 4. The molecule has 14 nitrogen and oxygen atoms in total. The number of fused-ring (bicyclic) bond motifs is 1. The number of aliphatic hydroxyl groups is 1. The molecule has 2 saturated carbocycles. The molecule has 1 saturated heterocycles. The molecule has 0 bridgehead atoms. The summed E-state index contributed by atoms with van der Waals surface area (Å²) in [5.74, 6) is -3.11. The van der Waals surface area contributed by atoms with Crippen molar-refractivity contribution in [2.75, 3.05) is 32.9 Å². The maximum atomic E-state index is 14.3. The SMILES string of the molecule is NCCOc1ccc(/C=C/C(=O)CO[C@@]2(C(=O)O)C[C@@H](O)[C@H]3OC[C@@H](CCc4ccccc4)C[C@@H](C(=O)/C=C/c4ccc(O)c(O)c4)O[C@]3(CNC3CCCCC3)C2)cc1O. The first-order valence-corrected chi connectivity index (χ1v) is 21.1. The molecule has 61 heavy (non-hydrogen) atoms. The van der Waals surface area contributed by atoms with Crippen LogP contribution in [0.5, 0.6) is 23.0 Å². The van der Waals surface area contributed by atoms with Crippen molar-refractivity contribution < 1.29 is 58.9 Å². The van der Waals surface area contributed by atoms with Crippen LogP contribution in [0.2, 0.25) is 0 Å². The van der Waals surface area contributed by atoms with Gasteiger partial charge in [0, 0.05) is 32.0 Å². The predicted molar refractivity (Wildman–Crippen MR) is 227 cm³/mol. The van der Waals surface area contributed by atoms with E-state index in [9.17, 15) is 39.9 Å². The van der Waals surface area contributed by atoms with Gasteiger partial charge < -0.3 is 55.5 Å². The van der Waals surface area contributed by atoms with Gasteiger partial charge in [-0.2, -0.15) is 0 Å². The summed E-state index contributed by atoms with van der Waals surface area (Å²) in [6.45, 7) is 0.0350. The number of nitrogens with two attached hydrogens (primary N) is 1. The number of nitrogens with one attached hydrogen (secondary N) is 1. The molecule has 6 rings (SSSR count). The lowest BCUT2D eigenvalue weighted by Crippen LogP contribution is -2.70. The Balaban J connectivity index is 1.29. The normalized spacial score (nSPS) is 26.1. The first-order valence-electron chi connectivity index (χ1n) is 21.1. The zero-order valence-electron chi connectivity index (χ0n) is 34.3. The summed E-state index contributed by atoms with van der Waals surface area (Å²) < 4.78 is 25.0. The number of carbonyl (C=O) groups excluding carboxylic acids is 2. The van der Waals surface area contributed by atoms with Crippen molar-refractivity contribution in [2.24, 2.45) is 11.7 Å². The van der Waals surface area contributed by atoms with E-state index >= 15 is 0 Å². The number of aliphatic carboxylic acids is 1. The highest BCUT2D eigenvalue weighted by molar-refractivity contribution is 5.97. The zero-order chi connectivity index (χ0) is 43.4. The topological polar surface area (TPSA) is 227 Å². The Bertz CT molecular complexity index is 2020. The third-order valence-corrected chi connectivity index (χ3v) is 11.9. The number of hydrogen-bond acceptors (Lipinski definition) is 13. The minimum Gasteiger partial charge on any atom is -0.504 e. The smallest absolute Gasteiger partial charge is 0.336 e. The second-order valence-electron chi connectivity index (χ2n) is 16.5. The Morgan fingerprint density at radius 1 is 0.902 bits per heavy atom. The van der Waals surface area contributed by atoms with E-state index in [0.717, 1.165) is 37.7 Å². The van der Waals surface area contributed by atoms with Crippen molar-refractivity contribution in [1.29, 1.82) is 0 Å². The number of carboxylic acids is 1. The Hall–Kier alpha value is -5.09. The van der Waals surface area contributed by atoms with Gasteiger partial charge in [-0.15, -0.1) is 0 Å². The molecule has 0 radical (unpaired) electrons. The van der Waals surface area contributed by atoms with Gasteiger partial charge in [0.15, 0.2) is 40.2 Å². The summed E-state index contributed by atoms with van der Waals surface area (Å²) in [7, 11) is 0. The number of carbonyl (C=O) groups is 3. The van der Waals surface area contributed by atoms with Gasteiger partial charge in [-0.25, -0.2) is 4.79 Å². The standard InChI is InChI=1S/C47H58N2O12/c48-21-22-58-42-20-16-32(24-40(42)54)13-17-36(50)28-60-46(45(56)57)26-41(55)44-47(29-46,30-49-35-9-5-2-6-10-35)61-43(38(52)19-15-33-14-18-37(51)39(53)23-33)25-34(27-59-44)12-11-31-7-3-1-4-8-31/h1,3-4,7-8,13-20,23-24,34-35,41,43-44,49,51,53-55H,2,5-6,9-12,21-22,25-30,48H2,(H,56,57)/b17-13+,19-15+/t34-,41+,43-,44+,46-,47-/m0/s1. The largest absolute Gasteiger partial charge is 0.504 e. The summed E-state index contributed by atoms with van der Waals surface area (Å²) in [5.41, 5.74) is 3.81. The molecule has 0 spiro atoms. The van der Waals surface area contributed by atoms with Crippen LogP contribution in [0.4, 0.5) is 0 Å². The summed E-state index contributed by atoms with van der Waals surface area (Å²) in [4.78, 5) is 41.0. The van der Waals surface area contributed by atoms with Crippen molar-refractivity contribution in [1.82, 2.24) is 5.32 Å². The Labute approximate surface area is 356 Å². The molecule has 3 aromatic carbocycles. The third-order valence-electron chi connectivity index (χ3n) is 11.9. The number of benzene rings is 3. The number of phenolic OH excluding ortho intramolecular Hbond substituents is 3. The molecular formula is C47H58N2O12. The van der Waals surface area contributed by atoms with Crippen molar-refractivity contribution in [3.8, 4) is 23.0 Å². The quantitative estimate of drug-likeness (QED) is 0.0655. The van der Waals surface area contributed by atoms with E-state index in [1.54, 1.807) is 18.2 Å². The Morgan fingerprint density at radius 3 is 2.33 bits per heavy atom. The van der Waals surface area contributed by atoms with E-state index in [1.165, 1.54) is 42.5 Å². The number of phenols is 3. The zero-order valence-corrected chi connectivity index (χ0v) is 34.3. The number of aryl methyl sites for hydroxylation is 1. The summed E-state index contributed by atoms with van der Waals surface area (Å²) in [6, 6.07) is 18.8. The molecule has 0 aromatic heterocycles. The van der Waals surface area contributed by atoms with E-state index in [0.29, 0.717) is 24.0 Å². The number of hydrogen-bond donors (Lipinski definition) is 7. The van der Waals surface area contributed by atoms with Crippen molar-refractivity contribution >= 4 is 29.7 Å². The van der Waals surface area contributed by atoms with Crippen LogP contribution in [0, 0.1) is 5.92 Å². The molecule has 328 valence electrons. The average Bonchev–Trinajstić information content (AvgIpc) is 3.25. The van der Waals surface area contributed by atoms with Gasteiger partial charge in [0.1, 0.15) is 31.0 Å². The van der Waals surface area contributed by atoms with Crippen LogP contribution >= 0.6 is 0 Å². The lowest BCUT2D eigenvalue weighted by atomic mass is 9.70. The fourth-order valence-electron chi connectivity index (χ4n) is 8.62. The molecule has 8 N–H and O–H groups in total. The van der Waals surface area contributed by atoms with Crippen LogP contribution in [-0.4, -0.2) is 112 Å². The van der Waals surface area contributed by atoms with Crippen LogP contribution in [0.3, 0.4) is 0 Å². The van der Waals surface area contributed by atoms with Gasteiger partial charge in [0.05, 0.1) is 12.7 Å². The minimum atomic E-state index is -2.11. The third kappa shape index (κ3) is 12.1. The number of aliphatic hydroxyl groups excluding tert-OH is 1. The molecule has 3 aliphatic rings. The van der Waals surface area contributed by atoms with E-state index in [-0.39, 0.29) is 74.1 Å². The van der Waals surface area contributed by atoms with E-state index in [4.69, 9.17) is 24.7 Å². The van der Waals surface area contributed by atoms with Gasteiger partial charge in [-0.1, -0.05) is 73.9 Å². The van der Waals surface area contributed by atoms with E-state index < -0.39 is 60.1 Å². The second kappa shape index (κ2) is 21.1. The van der Waals surface area contributed by atoms with Crippen molar-refractivity contribution in [2.45, 2.75) is 99.8 Å². The highest BCUT2D eigenvalue weighted by Crippen LogP contribution is 2.45. The summed E-state index contributed by atoms with van der Waals surface area (Å²) in [5, 5.41) is 56.7. The van der Waals surface area contributed by atoms with Crippen LogP contribution in [0.25, 0.3) is 12.2 Å². The fraction of sp³-hybridized carbons (Fsp3) is 0.468. The maximum Gasteiger partial charge on any atom is 0.336 e. The number of ketones is 2. The monoisotopic (exact) mass is 842 g/mol. The van der Waals surface area contributed by atoms with E-state index in [1.807, 2.05) is 30.3 Å². The fourth-order valence-corrected chi connectivity index (χ4v) is 8.62. The van der Waals surface area contributed by atoms with Crippen molar-refractivity contribution in [3.63, 3.8) is 0 Å². The first-order chi connectivity index (χ1) is 29.4. The number of rotatable bonds is 18. The molecule has 3 aromatic rings. The molecule has 6 atom stereocenters. The van der Waals surface area contributed by atoms with Gasteiger partial charge >= 0.3 is 5.97 Å². The Morgan fingerprint density at radius 2 is 1.62 bits per heavy atom. The van der Waals surface area contributed by atoms with Gasteiger partial charge in [-0.3, -0.25) is 9.59 Å². The van der Waals surface area contributed by atoms with Crippen LogP contribution in [-0.2, 0) is 35.0 Å². The molecule has 0 unspecified atom stereocenters. The number of aromatic hydroxyl groups is 3. The van der Waals surface area contributed by atoms with Gasteiger partial charge in [0.2, 0.25) is 0 Å². The summed E-state index contributed by atoms with van der Waals surface area (Å²) >= 11 is 0. The van der Waals surface area contributed by atoms with Crippen molar-refractivity contribution in [3.05, 3.63) is 95.6 Å². The highest BCUT2D eigenvalue weighted by atomic mass is 16.6. The molecule has 2 aliphatic carbocycles. The van der Waals surface area contributed by atoms with E-state index in [2.05, 4.69) is 5.32 Å². The van der Waals surface area contributed by atoms with Gasteiger partial charge in [-0.05, 0) is 91.1 Å². The highest BCUT2D eigenvalue weighted by Gasteiger charge is 2.61. The minimum absolute atomic E-state index is 0.0358. The number of carboxylic acid groups (broad SMARTS) is 1. The molecule has 14 heteroatoms. The molecular weight excluding hydrogens is 785 g/mol. The molecule has 3 fully saturated rings.